The highest BCUT2D eigenvalue weighted by Crippen LogP contribution is 2.21. The second-order valence-electron chi connectivity index (χ2n) is 5.42. The average molecular weight is 345 g/mol. The number of carbonyl (C=O) groups excluding carboxylic acids is 2. The van der Waals surface area contributed by atoms with Crippen LogP contribution >= 0.6 is 0 Å². The lowest BCUT2D eigenvalue weighted by molar-refractivity contribution is -0.154. The molecule has 1 aromatic rings. The third-order valence-electron chi connectivity index (χ3n) is 3.64. The predicted molar refractivity (Wildman–Crippen MR) is 78.0 cm³/mol. The summed E-state index contributed by atoms with van der Waals surface area (Å²) in [5.41, 5.74) is 0.340. The first-order valence-corrected chi connectivity index (χ1v) is 7.49. The summed E-state index contributed by atoms with van der Waals surface area (Å²) in [7, 11) is 0. The molecule has 9 heteroatoms. The van der Waals surface area contributed by atoms with Crippen LogP contribution in [0.5, 0.6) is 5.88 Å². The van der Waals surface area contributed by atoms with Crippen LogP contribution in [-0.2, 0) is 16.1 Å². The van der Waals surface area contributed by atoms with E-state index in [0.29, 0.717) is 18.7 Å². The van der Waals surface area contributed by atoms with E-state index in [1.165, 1.54) is 12.3 Å². The molecular formula is C15H18F3N3O3. The van der Waals surface area contributed by atoms with Crippen molar-refractivity contribution in [2.24, 2.45) is 5.92 Å². The molecule has 0 radical (unpaired) electrons. The van der Waals surface area contributed by atoms with Gasteiger partial charge in [0.2, 0.25) is 17.7 Å². The van der Waals surface area contributed by atoms with Crippen molar-refractivity contribution in [3.63, 3.8) is 0 Å². The maximum absolute atomic E-state index is 12.2. The maximum Gasteiger partial charge on any atom is 0.422 e. The second-order valence-corrected chi connectivity index (χ2v) is 5.42. The van der Waals surface area contributed by atoms with Gasteiger partial charge in [0, 0.05) is 37.8 Å². The van der Waals surface area contributed by atoms with Gasteiger partial charge in [0.15, 0.2) is 6.61 Å². The van der Waals surface area contributed by atoms with Gasteiger partial charge < -0.3 is 15.0 Å². The van der Waals surface area contributed by atoms with Crippen LogP contribution in [-0.4, -0.2) is 47.6 Å². The number of carbonyl (C=O) groups is 2. The van der Waals surface area contributed by atoms with Crippen molar-refractivity contribution >= 4 is 11.8 Å². The normalized spacial score (nSPS) is 17.9. The first-order chi connectivity index (χ1) is 11.3. The van der Waals surface area contributed by atoms with Crippen LogP contribution in [0, 0.1) is 5.92 Å². The summed E-state index contributed by atoms with van der Waals surface area (Å²) >= 11 is 0. The Morgan fingerprint density at radius 2 is 2.25 bits per heavy atom. The molecule has 1 aliphatic rings. The minimum atomic E-state index is -4.47. The van der Waals surface area contributed by atoms with Gasteiger partial charge in [-0.1, -0.05) is 6.07 Å². The van der Waals surface area contributed by atoms with E-state index in [0.717, 1.165) is 0 Å². The molecule has 0 spiro atoms. The number of halogens is 3. The molecule has 0 saturated carbocycles. The monoisotopic (exact) mass is 345 g/mol. The molecule has 0 aliphatic carbocycles. The zero-order chi connectivity index (χ0) is 17.7. The molecule has 1 atom stereocenters. The maximum atomic E-state index is 12.2. The van der Waals surface area contributed by atoms with Crippen LogP contribution < -0.4 is 10.1 Å². The molecule has 0 unspecified atom stereocenters. The van der Waals surface area contributed by atoms with Crippen LogP contribution in [0.25, 0.3) is 0 Å². The van der Waals surface area contributed by atoms with Crippen LogP contribution in [0.15, 0.2) is 18.3 Å². The fourth-order valence-corrected chi connectivity index (χ4v) is 2.42. The number of nitrogens with one attached hydrogen (secondary N) is 1. The number of alkyl halides is 3. The van der Waals surface area contributed by atoms with E-state index < -0.39 is 18.7 Å². The van der Waals surface area contributed by atoms with Gasteiger partial charge in [-0.2, -0.15) is 13.2 Å². The van der Waals surface area contributed by atoms with Crippen molar-refractivity contribution in [3.8, 4) is 5.88 Å². The van der Waals surface area contributed by atoms with E-state index >= 15 is 0 Å². The Bertz CT molecular complexity index is 607. The predicted octanol–water partition coefficient (Wildman–Crippen LogP) is 1.51. The summed E-state index contributed by atoms with van der Waals surface area (Å²) in [6, 6.07) is 3.07. The Labute approximate surface area is 137 Å². The number of nitrogens with zero attached hydrogens (tertiary/aromatic N) is 2. The molecule has 1 fully saturated rings. The topological polar surface area (TPSA) is 71.5 Å². The molecule has 24 heavy (non-hydrogen) atoms. The number of hydrogen-bond donors (Lipinski definition) is 1. The van der Waals surface area contributed by atoms with Crippen molar-refractivity contribution in [2.75, 3.05) is 19.7 Å². The van der Waals surface area contributed by atoms with Gasteiger partial charge in [-0.25, -0.2) is 4.98 Å². The quantitative estimate of drug-likeness (QED) is 0.848. The minimum absolute atomic E-state index is 0.0172. The highest BCUT2D eigenvalue weighted by molar-refractivity contribution is 5.89. The van der Waals surface area contributed by atoms with Gasteiger partial charge in [-0.3, -0.25) is 9.59 Å². The molecule has 132 valence electrons. The third-order valence-corrected chi connectivity index (χ3v) is 3.64. The molecule has 1 aromatic heterocycles. The molecule has 1 saturated heterocycles. The zero-order valence-corrected chi connectivity index (χ0v) is 13.1. The van der Waals surface area contributed by atoms with E-state index in [1.807, 2.05) is 6.92 Å². The van der Waals surface area contributed by atoms with E-state index in [1.54, 1.807) is 11.0 Å². The first-order valence-electron chi connectivity index (χ1n) is 7.49. The molecule has 1 N–H and O–H groups in total. The second kappa shape index (κ2) is 7.50. The number of rotatable bonds is 6. The van der Waals surface area contributed by atoms with Crippen molar-refractivity contribution in [1.82, 2.24) is 15.2 Å². The average Bonchev–Trinajstić information content (AvgIpc) is 2.91. The number of likely N-dealkylation sites (tertiary alicyclic amines) is 1. The third kappa shape index (κ3) is 4.84. The number of hydrogen-bond acceptors (Lipinski definition) is 4. The highest BCUT2D eigenvalue weighted by Gasteiger charge is 2.33. The lowest BCUT2D eigenvalue weighted by Gasteiger charge is -2.15. The van der Waals surface area contributed by atoms with Crippen LogP contribution in [0.1, 0.15) is 18.9 Å². The van der Waals surface area contributed by atoms with Gasteiger partial charge in [0.25, 0.3) is 0 Å². The van der Waals surface area contributed by atoms with E-state index in [9.17, 15) is 22.8 Å². The van der Waals surface area contributed by atoms with Gasteiger partial charge in [-0.15, -0.1) is 0 Å². The molecule has 1 aliphatic heterocycles. The fraction of sp³-hybridized carbons (Fsp3) is 0.533. The molecular weight excluding hydrogens is 327 g/mol. The lowest BCUT2D eigenvalue weighted by Crippen LogP contribution is -2.32. The molecule has 0 bridgehead atoms. The summed E-state index contributed by atoms with van der Waals surface area (Å²) < 4.78 is 41.4. The Morgan fingerprint density at radius 3 is 2.88 bits per heavy atom. The number of aromatic nitrogens is 1. The highest BCUT2D eigenvalue weighted by atomic mass is 19.4. The van der Waals surface area contributed by atoms with Crippen molar-refractivity contribution in [3.05, 3.63) is 23.9 Å². The van der Waals surface area contributed by atoms with Crippen LogP contribution in [0.3, 0.4) is 0 Å². The standard InChI is InChI=1S/C15H18F3N3O3/c1-2-21-8-11(6-12(21)22)13(23)20-7-10-4-3-5-19-14(10)24-9-15(16,17)18/h3-5,11H,2,6-9H2,1H3,(H,20,23)/t11-/m1/s1. The Morgan fingerprint density at radius 1 is 1.50 bits per heavy atom. The van der Waals surface area contributed by atoms with E-state index in [4.69, 9.17) is 0 Å². The largest absolute Gasteiger partial charge is 0.468 e. The van der Waals surface area contributed by atoms with Crippen molar-refractivity contribution in [1.29, 1.82) is 0 Å². The fourth-order valence-electron chi connectivity index (χ4n) is 2.42. The van der Waals surface area contributed by atoms with E-state index in [-0.39, 0.29) is 30.7 Å². The lowest BCUT2D eigenvalue weighted by atomic mass is 10.1. The zero-order valence-electron chi connectivity index (χ0n) is 13.1. The Balaban J connectivity index is 1.92. The summed E-state index contributed by atoms with van der Waals surface area (Å²) in [6.07, 6.45) is -3.01. The molecule has 0 aromatic carbocycles. The van der Waals surface area contributed by atoms with E-state index in [2.05, 4.69) is 15.0 Å². The Kier molecular flexibility index (Phi) is 5.63. The SMILES string of the molecule is CCN1C[C@H](C(=O)NCc2cccnc2OCC(F)(F)F)CC1=O. The number of amides is 2. The Hall–Kier alpha value is -2.32. The summed E-state index contributed by atoms with van der Waals surface area (Å²) in [5.74, 6) is -1.01. The molecule has 2 heterocycles. The first kappa shape index (κ1) is 18.0. The molecule has 6 nitrogen and oxygen atoms in total. The summed E-state index contributed by atoms with van der Waals surface area (Å²) in [5, 5.41) is 2.62. The van der Waals surface area contributed by atoms with Crippen molar-refractivity contribution in [2.45, 2.75) is 26.1 Å². The number of ether oxygens (including phenoxy) is 1. The number of pyridine rings is 1. The minimum Gasteiger partial charge on any atom is -0.468 e. The van der Waals surface area contributed by atoms with Gasteiger partial charge >= 0.3 is 6.18 Å². The van der Waals surface area contributed by atoms with Crippen LogP contribution in [0.4, 0.5) is 13.2 Å². The summed E-state index contributed by atoms with van der Waals surface area (Å²) in [4.78, 5) is 29.1. The molecule has 2 rings (SSSR count). The van der Waals surface area contributed by atoms with Gasteiger partial charge in [-0.05, 0) is 13.0 Å². The molecule has 2 amide bonds. The van der Waals surface area contributed by atoms with Gasteiger partial charge in [0.1, 0.15) is 0 Å². The van der Waals surface area contributed by atoms with Gasteiger partial charge in [0.05, 0.1) is 5.92 Å². The van der Waals surface area contributed by atoms with Crippen molar-refractivity contribution < 1.29 is 27.5 Å². The summed E-state index contributed by atoms with van der Waals surface area (Å²) in [6.45, 7) is 1.26. The van der Waals surface area contributed by atoms with Crippen LogP contribution in [0.2, 0.25) is 0 Å². The smallest absolute Gasteiger partial charge is 0.422 e.